The van der Waals surface area contributed by atoms with Crippen LogP contribution in [0.3, 0.4) is 0 Å². The van der Waals surface area contributed by atoms with Gasteiger partial charge in [-0.25, -0.2) is 13.1 Å². The average molecular weight is 304 g/mol. The SMILES string of the molecule is CNS(=O)(=O)c1ccc(CNCC(C)(C)CCCO)o1. The van der Waals surface area contributed by atoms with Crippen molar-refractivity contribution in [3.05, 3.63) is 17.9 Å². The number of aliphatic hydroxyl groups excluding tert-OH is 1. The lowest BCUT2D eigenvalue weighted by molar-refractivity contribution is 0.234. The van der Waals surface area contributed by atoms with Gasteiger partial charge in [0.15, 0.2) is 0 Å². The summed E-state index contributed by atoms with van der Waals surface area (Å²) in [6, 6.07) is 3.09. The van der Waals surface area contributed by atoms with Crippen molar-refractivity contribution in [1.29, 1.82) is 0 Å². The van der Waals surface area contributed by atoms with E-state index in [1.165, 1.54) is 13.1 Å². The molecule has 0 aliphatic carbocycles. The smallest absolute Gasteiger partial charge is 0.273 e. The summed E-state index contributed by atoms with van der Waals surface area (Å²) in [5.41, 5.74) is 0.0786. The highest BCUT2D eigenvalue weighted by atomic mass is 32.2. The molecule has 0 unspecified atom stereocenters. The molecule has 1 heterocycles. The van der Waals surface area contributed by atoms with E-state index in [4.69, 9.17) is 9.52 Å². The van der Waals surface area contributed by atoms with E-state index in [9.17, 15) is 8.42 Å². The van der Waals surface area contributed by atoms with Gasteiger partial charge in [-0.15, -0.1) is 0 Å². The molecule has 7 heteroatoms. The predicted molar refractivity (Wildman–Crippen MR) is 76.8 cm³/mol. The van der Waals surface area contributed by atoms with Crippen LogP contribution in [-0.2, 0) is 16.6 Å². The van der Waals surface area contributed by atoms with E-state index in [1.54, 1.807) is 6.07 Å². The zero-order valence-electron chi connectivity index (χ0n) is 12.3. The molecule has 0 aliphatic rings. The topological polar surface area (TPSA) is 91.6 Å². The zero-order valence-corrected chi connectivity index (χ0v) is 13.1. The van der Waals surface area contributed by atoms with Gasteiger partial charge >= 0.3 is 0 Å². The third-order valence-electron chi connectivity index (χ3n) is 3.09. The molecule has 1 aromatic rings. The van der Waals surface area contributed by atoms with Crippen LogP contribution in [-0.4, -0.2) is 33.7 Å². The number of furan rings is 1. The quantitative estimate of drug-likeness (QED) is 0.635. The van der Waals surface area contributed by atoms with Crippen LogP contribution in [0.1, 0.15) is 32.4 Å². The molecule has 0 saturated carbocycles. The number of hydrogen-bond acceptors (Lipinski definition) is 5. The first-order valence-corrected chi connectivity index (χ1v) is 8.13. The number of rotatable bonds is 9. The summed E-state index contributed by atoms with van der Waals surface area (Å²) in [7, 11) is -2.17. The summed E-state index contributed by atoms with van der Waals surface area (Å²) >= 11 is 0. The molecule has 1 aromatic heterocycles. The Balaban J connectivity index is 2.47. The molecule has 0 fully saturated rings. The van der Waals surface area contributed by atoms with E-state index >= 15 is 0 Å². The Morgan fingerprint density at radius 1 is 1.35 bits per heavy atom. The van der Waals surface area contributed by atoms with Crippen molar-refractivity contribution in [2.24, 2.45) is 5.41 Å². The standard InChI is InChI=1S/C13H24N2O4S/c1-13(2,7-4-8-16)10-15-9-11-5-6-12(19-11)20(17,18)14-3/h5-6,14-16H,4,7-10H2,1-3H3. The van der Waals surface area contributed by atoms with Gasteiger partial charge < -0.3 is 14.8 Å². The molecule has 6 nitrogen and oxygen atoms in total. The molecule has 0 aromatic carbocycles. The fourth-order valence-corrected chi connectivity index (χ4v) is 2.53. The van der Waals surface area contributed by atoms with Gasteiger partial charge in [0, 0.05) is 13.2 Å². The van der Waals surface area contributed by atoms with Crippen molar-refractivity contribution in [2.75, 3.05) is 20.2 Å². The highest BCUT2D eigenvalue weighted by Crippen LogP contribution is 2.21. The maximum atomic E-state index is 11.5. The fraction of sp³-hybridized carbons (Fsp3) is 0.692. The van der Waals surface area contributed by atoms with Crippen molar-refractivity contribution < 1.29 is 17.9 Å². The highest BCUT2D eigenvalue weighted by Gasteiger charge is 2.18. The summed E-state index contributed by atoms with van der Waals surface area (Å²) in [5.74, 6) is 0.580. The van der Waals surface area contributed by atoms with E-state index < -0.39 is 10.0 Å². The van der Waals surface area contributed by atoms with Crippen molar-refractivity contribution in [3.8, 4) is 0 Å². The van der Waals surface area contributed by atoms with Crippen LogP contribution < -0.4 is 10.0 Å². The number of aliphatic hydroxyl groups is 1. The lowest BCUT2D eigenvalue weighted by atomic mass is 9.88. The van der Waals surface area contributed by atoms with Gasteiger partial charge in [-0.3, -0.25) is 0 Å². The van der Waals surface area contributed by atoms with Gasteiger partial charge in [-0.05, 0) is 37.4 Å². The second-order valence-corrected chi connectivity index (χ2v) is 7.34. The summed E-state index contributed by atoms with van der Waals surface area (Å²) in [4.78, 5) is 0. The Bertz CT molecular complexity index is 508. The van der Waals surface area contributed by atoms with Crippen LogP contribution in [0.5, 0.6) is 0 Å². The highest BCUT2D eigenvalue weighted by molar-refractivity contribution is 7.89. The molecule has 0 radical (unpaired) electrons. The van der Waals surface area contributed by atoms with Gasteiger partial charge in [0.25, 0.3) is 10.0 Å². The molecule has 0 bridgehead atoms. The number of sulfonamides is 1. The van der Waals surface area contributed by atoms with E-state index in [-0.39, 0.29) is 17.1 Å². The molecular weight excluding hydrogens is 280 g/mol. The van der Waals surface area contributed by atoms with Crippen LogP contribution in [0.2, 0.25) is 0 Å². The average Bonchev–Trinajstić information content (AvgIpc) is 2.86. The lowest BCUT2D eigenvalue weighted by Gasteiger charge is -2.24. The van der Waals surface area contributed by atoms with Crippen molar-refractivity contribution in [2.45, 2.75) is 38.3 Å². The van der Waals surface area contributed by atoms with Crippen molar-refractivity contribution in [3.63, 3.8) is 0 Å². The molecule has 116 valence electrons. The Morgan fingerprint density at radius 2 is 2.05 bits per heavy atom. The van der Waals surface area contributed by atoms with Crippen molar-refractivity contribution in [1.82, 2.24) is 10.0 Å². The van der Waals surface area contributed by atoms with Crippen LogP contribution in [0.15, 0.2) is 21.6 Å². The Labute approximate surface area is 120 Å². The van der Waals surface area contributed by atoms with Crippen LogP contribution in [0.4, 0.5) is 0 Å². The van der Waals surface area contributed by atoms with Gasteiger partial charge in [-0.1, -0.05) is 13.8 Å². The molecule has 1 rings (SSSR count). The summed E-state index contributed by atoms with van der Waals surface area (Å²) in [6.45, 7) is 5.68. The van der Waals surface area contributed by atoms with Crippen LogP contribution in [0.25, 0.3) is 0 Å². The molecule has 0 saturated heterocycles. The molecule has 0 spiro atoms. The maximum Gasteiger partial charge on any atom is 0.273 e. The van der Waals surface area contributed by atoms with E-state index in [0.29, 0.717) is 12.3 Å². The largest absolute Gasteiger partial charge is 0.447 e. The van der Waals surface area contributed by atoms with Gasteiger partial charge in [0.1, 0.15) is 5.76 Å². The minimum Gasteiger partial charge on any atom is -0.447 e. The summed E-state index contributed by atoms with van der Waals surface area (Å²) in [6.07, 6.45) is 1.70. The summed E-state index contributed by atoms with van der Waals surface area (Å²) in [5, 5.41) is 12.0. The molecule has 0 aliphatic heterocycles. The monoisotopic (exact) mass is 304 g/mol. The zero-order chi connectivity index (χ0) is 15.2. The third kappa shape index (κ3) is 5.24. The Kier molecular flexibility index (Phi) is 6.19. The van der Waals surface area contributed by atoms with E-state index in [1.807, 2.05) is 0 Å². The van der Waals surface area contributed by atoms with E-state index in [2.05, 4.69) is 23.9 Å². The van der Waals surface area contributed by atoms with Gasteiger partial charge in [0.2, 0.25) is 5.09 Å². The Hall–Kier alpha value is -0.890. The minimum absolute atomic E-state index is 0.0728. The second-order valence-electron chi connectivity index (χ2n) is 5.52. The third-order valence-corrected chi connectivity index (χ3v) is 4.37. The first kappa shape index (κ1) is 17.2. The van der Waals surface area contributed by atoms with Gasteiger partial charge in [-0.2, -0.15) is 0 Å². The minimum atomic E-state index is -3.52. The van der Waals surface area contributed by atoms with Crippen LogP contribution in [0, 0.1) is 5.41 Å². The first-order valence-electron chi connectivity index (χ1n) is 6.64. The second kappa shape index (κ2) is 7.21. The van der Waals surface area contributed by atoms with Gasteiger partial charge in [0.05, 0.1) is 6.54 Å². The lowest BCUT2D eigenvalue weighted by Crippen LogP contribution is -2.29. The normalized spacial score (nSPS) is 12.8. The van der Waals surface area contributed by atoms with Crippen LogP contribution >= 0.6 is 0 Å². The Morgan fingerprint density at radius 3 is 2.65 bits per heavy atom. The molecule has 20 heavy (non-hydrogen) atoms. The molecular formula is C13H24N2O4S. The molecule has 0 amide bonds. The first-order chi connectivity index (χ1) is 9.30. The molecule has 0 atom stereocenters. The predicted octanol–water partition coefficient (Wildman–Crippen LogP) is 1.08. The number of nitrogens with one attached hydrogen (secondary N) is 2. The summed E-state index contributed by atoms with van der Waals surface area (Å²) < 4.78 is 30.5. The number of hydrogen-bond donors (Lipinski definition) is 3. The molecule has 3 N–H and O–H groups in total. The fourth-order valence-electron chi connectivity index (χ4n) is 1.87. The maximum absolute atomic E-state index is 11.5. The van der Waals surface area contributed by atoms with Crippen molar-refractivity contribution >= 4 is 10.0 Å². The van der Waals surface area contributed by atoms with E-state index in [0.717, 1.165) is 19.4 Å².